The average molecular weight is 324 g/mol. The van der Waals surface area contributed by atoms with Crippen molar-refractivity contribution in [3.05, 3.63) is 76.1 Å². The van der Waals surface area contributed by atoms with E-state index in [1.807, 2.05) is 54.6 Å². The maximum Gasteiger partial charge on any atom is 0.322 e. The zero-order valence-electron chi connectivity index (χ0n) is 14.0. The number of hydrogen-bond acceptors (Lipinski definition) is 3. The smallest absolute Gasteiger partial charge is 0.322 e. The third kappa shape index (κ3) is 4.51. The number of hydrogen-bond donors (Lipinski definition) is 0. The summed E-state index contributed by atoms with van der Waals surface area (Å²) >= 11 is 0. The van der Waals surface area contributed by atoms with Crippen LogP contribution in [0.15, 0.2) is 54.6 Å². The highest BCUT2D eigenvalue weighted by Gasteiger charge is 2.22. The molecule has 0 saturated carbocycles. The van der Waals surface area contributed by atoms with Gasteiger partial charge in [0.1, 0.15) is 0 Å². The van der Waals surface area contributed by atoms with Gasteiger partial charge in [-0.05, 0) is 0 Å². The molecule has 0 N–H and O–H groups in total. The van der Waals surface area contributed by atoms with E-state index in [1.165, 1.54) is 0 Å². The van der Waals surface area contributed by atoms with Gasteiger partial charge in [-0.15, -0.1) is 0 Å². The highest BCUT2D eigenvalue weighted by atomic mass is 16.7. The van der Waals surface area contributed by atoms with Crippen LogP contribution < -0.4 is 0 Å². The minimum Gasteiger partial charge on any atom is -0.356 e. The molecule has 2 aromatic carbocycles. The lowest BCUT2D eigenvalue weighted by molar-refractivity contribution is -0.105. The van der Waals surface area contributed by atoms with E-state index in [2.05, 4.69) is 4.85 Å². The molecule has 0 saturated heterocycles. The molecule has 1 atom stereocenters. The van der Waals surface area contributed by atoms with Gasteiger partial charge < -0.3 is 9.47 Å². The zero-order chi connectivity index (χ0) is 17.4. The fourth-order valence-corrected chi connectivity index (χ4v) is 2.58. The number of rotatable bonds is 8. The van der Waals surface area contributed by atoms with Gasteiger partial charge in [0.2, 0.25) is 0 Å². The van der Waals surface area contributed by atoms with E-state index in [1.54, 1.807) is 14.2 Å². The normalized spacial score (nSPS) is 11.9. The molecule has 0 fully saturated rings. The Morgan fingerprint density at radius 2 is 1.58 bits per heavy atom. The van der Waals surface area contributed by atoms with Crippen LogP contribution in [0.4, 0.5) is 0 Å². The van der Waals surface area contributed by atoms with Crippen LogP contribution in [-0.4, -0.2) is 26.3 Å². The summed E-state index contributed by atoms with van der Waals surface area (Å²) in [5.74, 6) is 0.0570. The summed E-state index contributed by atoms with van der Waals surface area (Å²) in [5.41, 5.74) is 2.63. The molecule has 0 aliphatic carbocycles. The summed E-state index contributed by atoms with van der Waals surface area (Å²) in [4.78, 5) is 16.2. The van der Waals surface area contributed by atoms with Crippen molar-refractivity contribution < 1.29 is 14.3 Å². The fraction of sp³-hybridized carbons (Fsp3) is 0.300. The first-order chi connectivity index (χ1) is 11.7. The van der Waals surface area contributed by atoms with E-state index in [9.17, 15) is 4.79 Å². The fourth-order valence-electron chi connectivity index (χ4n) is 2.58. The standard InChI is InChI=1S/C20H22NO3/c1-21-20(16-7-5-4-6-8-16)17-11-9-15(10-12-17)18(22)13-14-19(23-2)24-3/h1,4-12,19-20H,13-14H2,2-3H3/q+1. The number of nitrogens with zero attached hydrogens (tertiary/aromatic N) is 1. The molecule has 0 aliphatic heterocycles. The van der Waals surface area contributed by atoms with E-state index in [0.717, 1.165) is 11.1 Å². The summed E-state index contributed by atoms with van der Waals surface area (Å²) in [6.07, 6.45) is 0.541. The van der Waals surface area contributed by atoms with Crippen molar-refractivity contribution in [2.24, 2.45) is 0 Å². The Labute approximate surface area is 142 Å². The van der Waals surface area contributed by atoms with Gasteiger partial charge in [0.15, 0.2) is 12.1 Å². The second kappa shape index (κ2) is 8.97. The molecule has 0 aliphatic rings. The minimum absolute atomic E-state index is 0.0570. The van der Waals surface area contributed by atoms with Gasteiger partial charge in [0.25, 0.3) is 6.57 Å². The largest absolute Gasteiger partial charge is 0.356 e. The van der Waals surface area contributed by atoms with Crippen LogP contribution in [0.1, 0.15) is 40.4 Å². The van der Waals surface area contributed by atoms with Gasteiger partial charge in [0.05, 0.1) is 0 Å². The molecule has 0 radical (unpaired) electrons. The van der Waals surface area contributed by atoms with Gasteiger partial charge in [-0.2, -0.15) is 0 Å². The second-order valence-electron chi connectivity index (χ2n) is 5.45. The van der Waals surface area contributed by atoms with Crippen LogP contribution in [0, 0.1) is 6.57 Å². The van der Waals surface area contributed by atoms with Crippen molar-refractivity contribution in [2.75, 3.05) is 14.2 Å². The maximum absolute atomic E-state index is 12.2. The molecule has 0 aromatic heterocycles. The number of methoxy groups -OCH3 is 2. The molecule has 4 heteroatoms. The number of carbonyl (C=O) groups is 1. The van der Waals surface area contributed by atoms with Gasteiger partial charge >= 0.3 is 6.04 Å². The van der Waals surface area contributed by atoms with E-state index in [0.29, 0.717) is 18.4 Å². The summed E-state index contributed by atoms with van der Waals surface area (Å²) in [6.45, 7) is 5.58. The number of ketones is 1. The first kappa shape index (κ1) is 17.9. The highest BCUT2D eigenvalue weighted by Crippen LogP contribution is 2.26. The number of Topliss-reactive ketones (excluding diaryl/α,β-unsaturated/α-hetero) is 1. The molecule has 0 spiro atoms. The van der Waals surface area contributed by atoms with Crippen molar-refractivity contribution in [1.29, 1.82) is 0 Å². The first-order valence-corrected chi connectivity index (χ1v) is 7.83. The summed E-state index contributed by atoms with van der Waals surface area (Å²) in [5, 5.41) is 0. The van der Waals surface area contributed by atoms with E-state index < -0.39 is 0 Å². The molecule has 0 amide bonds. The molecular formula is C20H22NO3+. The zero-order valence-corrected chi connectivity index (χ0v) is 14.0. The maximum atomic E-state index is 12.2. The lowest BCUT2D eigenvalue weighted by Crippen LogP contribution is -2.14. The quantitative estimate of drug-likeness (QED) is 0.536. The Kier molecular flexibility index (Phi) is 6.68. The van der Waals surface area contributed by atoms with Crippen LogP contribution in [0.5, 0.6) is 0 Å². The lowest BCUT2D eigenvalue weighted by atomic mass is 9.97. The third-order valence-corrected chi connectivity index (χ3v) is 3.95. The second-order valence-corrected chi connectivity index (χ2v) is 5.45. The van der Waals surface area contributed by atoms with Crippen LogP contribution >= 0.6 is 0 Å². The summed E-state index contributed by atoms with van der Waals surface area (Å²) in [6, 6.07) is 17.0. The van der Waals surface area contributed by atoms with Crippen molar-refractivity contribution in [3.63, 3.8) is 0 Å². The number of carbonyl (C=O) groups excluding carboxylic acids is 1. The van der Waals surface area contributed by atoms with Crippen molar-refractivity contribution in [1.82, 2.24) is 0 Å². The van der Waals surface area contributed by atoms with E-state index in [4.69, 9.17) is 16.0 Å². The molecule has 124 valence electrons. The van der Waals surface area contributed by atoms with E-state index >= 15 is 0 Å². The Hall–Kier alpha value is -2.48. The van der Waals surface area contributed by atoms with Gasteiger partial charge in [-0.1, -0.05) is 59.4 Å². The van der Waals surface area contributed by atoms with Gasteiger partial charge in [-0.25, -0.2) is 0 Å². The van der Waals surface area contributed by atoms with E-state index in [-0.39, 0.29) is 18.1 Å². The first-order valence-electron chi connectivity index (χ1n) is 7.83. The molecular weight excluding hydrogens is 302 g/mol. The van der Waals surface area contributed by atoms with Crippen molar-refractivity contribution >= 4 is 5.78 Å². The lowest BCUT2D eigenvalue weighted by Gasteiger charge is -2.12. The molecule has 1 unspecified atom stereocenters. The Morgan fingerprint density at radius 1 is 1.00 bits per heavy atom. The van der Waals surface area contributed by atoms with Crippen LogP contribution in [0.25, 0.3) is 4.85 Å². The topological polar surface area (TPSA) is 39.9 Å². The molecule has 2 rings (SSSR count). The van der Waals surface area contributed by atoms with Gasteiger partial charge in [-0.3, -0.25) is 4.79 Å². The molecule has 0 bridgehead atoms. The highest BCUT2D eigenvalue weighted by molar-refractivity contribution is 5.96. The number of ether oxygens (including phenoxy) is 2. The summed E-state index contributed by atoms with van der Waals surface area (Å²) < 4.78 is 10.2. The SMILES string of the molecule is C#[N+]C(c1ccccc1)c1ccc(C(=O)CCC(OC)OC)cc1. The predicted molar refractivity (Wildman–Crippen MR) is 94.4 cm³/mol. The molecule has 0 heterocycles. The number of benzene rings is 2. The predicted octanol–water partition coefficient (Wildman–Crippen LogP) is 4.32. The molecule has 24 heavy (non-hydrogen) atoms. The summed E-state index contributed by atoms with van der Waals surface area (Å²) in [7, 11) is 3.13. The average Bonchev–Trinajstić information content (AvgIpc) is 2.64. The van der Waals surface area contributed by atoms with Crippen LogP contribution in [-0.2, 0) is 9.47 Å². The van der Waals surface area contributed by atoms with Crippen LogP contribution in [0.2, 0.25) is 0 Å². The minimum atomic E-state index is -0.355. The monoisotopic (exact) mass is 324 g/mol. The van der Waals surface area contributed by atoms with Crippen molar-refractivity contribution in [3.8, 4) is 6.57 Å². The Bertz CT molecular complexity index is 685. The van der Waals surface area contributed by atoms with Crippen molar-refractivity contribution in [2.45, 2.75) is 25.2 Å². The molecule has 4 nitrogen and oxygen atoms in total. The Morgan fingerprint density at radius 3 is 2.12 bits per heavy atom. The van der Waals surface area contributed by atoms with Gasteiger partial charge in [0, 0.05) is 43.8 Å². The Balaban J connectivity index is 2.07. The molecule has 2 aromatic rings. The third-order valence-electron chi connectivity index (χ3n) is 3.95. The van der Waals surface area contributed by atoms with Crippen LogP contribution in [0.3, 0.4) is 0 Å².